The summed E-state index contributed by atoms with van der Waals surface area (Å²) in [7, 11) is 4.00. The van der Waals surface area contributed by atoms with Crippen molar-refractivity contribution in [3.05, 3.63) is 65.5 Å². The Kier molecular flexibility index (Phi) is 6.52. The number of anilines is 1. The van der Waals surface area contributed by atoms with Gasteiger partial charge in [-0.3, -0.25) is 4.79 Å². The van der Waals surface area contributed by atoms with Crippen molar-refractivity contribution in [2.24, 2.45) is 11.1 Å². The van der Waals surface area contributed by atoms with Crippen molar-refractivity contribution in [1.29, 1.82) is 0 Å². The molecule has 0 spiro atoms. The number of nitrogens with zero attached hydrogens (tertiary/aromatic N) is 3. The van der Waals surface area contributed by atoms with Gasteiger partial charge in [0.15, 0.2) is 6.10 Å². The fraction of sp³-hybridized carbons (Fsp3) is 0.391. The van der Waals surface area contributed by atoms with Gasteiger partial charge in [-0.15, -0.1) is 0 Å². The highest BCUT2D eigenvalue weighted by molar-refractivity contribution is 6.01. The van der Waals surface area contributed by atoms with Gasteiger partial charge in [-0.2, -0.15) is 0 Å². The lowest BCUT2D eigenvalue weighted by Crippen LogP contribution is -2.39. The maximum Gasteiger partial charge on any atom is 0.225 e. The third kappa shape index (κ3) is 5.34. The number of rotatable bonds is 7. The lowest BCUT2D eigenvalue weighted by atomic mass is 10.0. The van der Waals surface area contributed by atoms with Gasteiger partial charge in [0, 0.05) is 38.7 Å². The fourth-order valence-corrected chi connectivity index (χ4v) is 3.35. The number of amides is 1. The second-order valence-electron chi connectivity index (χ2n) is 7.91. The van der Waals surface area contributed by atoms with Gasteiger partial charge in [0.25, 0.3) is 0 Å². The molecule has 0 aliphatic carbocycles. The summed E-state index contributed by atoms with van der Waals surface area (Å²) in [5, 5.41) is 4.25. The molecule has 0 N–H and O–H groups in total. The third-order valence-electron chi connectivity index (χ3n) is 4.94. The number of hydrogen-bond donors (Lipinski definition) is 0. The molecule has 1 unspecified atom stereocenters. The zero-order valence-electron chi connectivity index (χ0n) is 17.4. The maximum atomic E-state index is 13.5. The SMILES string of the molecule is CC(C)C(=O)N(Cc1cccc(F)c1)CC1CC(c2ccc(N(C)C)cc2)=NO1. The van der Waals surface area contributed by atoms with Crippen LogP contribution in [-0.2, 0) is 16.2 Å². The van der Waals surface area contributed by atoms with E-state index in [1.165, 1.54) is 12.1 Å². The monoisotopic (exact) mass is 397 g/mol. The van der Waals surface area contributed by atoms with E-state index >= 15 is 0 Å². The molecule has 29 heavy (non-hydrogen) atoms. The van der Waals surface area contributed by atoms with E-state index in [0.29, 0.717) is 19.5 Å². The molecule has 2 aromatic carbocycles. The van der Waals surface area contributed by atoms with Gasteiger partial charge >= 0.3 is 0 Å². The van der Waals surface area contributed by atoms with Crippen LogP contribution in [0.25, 0.3) is 0 Å². The first kappa shape index (κ1) is 20.8. The van der Waals surface area contributed by atoms with Crippen LogP contribution in [0.15, 0.2) is 53.7 Å². The molecule has 0 bridgehead atoms. The Morgan fingerprint density at radius 3 is 2.55 bits per heavy atom. The van der Waals surface area contributed by atoms with E-state index in [2.05, 4.69) is 5.16 Å². The van der Waals surface area contributed by atoms with Crippen LogP contribution < -0.4 is 4.90 Å². The molecule has 0 saturated carbocycles. The molecule has 1 atom stereocenters. The molecule has 1 aliphatic rings. The van der Waals surface area contributed by atoms with Gasteiger partial charge in [0.2, 0.25) is 5.91 Å². The highest BCUT2D eigenvalue weighted by atomic mass is 19.1. The molecule has 5 nitrogen and oxygen atoms in total. The summed E-state index contributed by atoms with van der Waals surface area (Å²) >= 11 is 0. The first-order valence-electron chi connectivity index (χ1n) is 9.87. The molecule has 2 aromatic rings. The number of oxime groups is 1. The zero-order chi connectivity index (χ0) is 21.0. The van der Waals surface area contributed by atoms with Crippen LogP contribution in [0.1, 0.15) is 31.4 Å². The number of halogens is 1. The molecule has 0 fully saturated rings. The van der Waals surface area contributed by atoms with Crippen LogP contribution >= 0.6 is 0 Å². The van der Waals surface area contributed by atoms with Crippen molar-refractivity contribution < 1.29 is 14.0 Å². The van der Waals surface area contributed by atoms with E-state index in [1.54, 1.807) is 11.0 Å². The first-order chi connectivity index (χ1) is 13.8. The Labute approximate surface area is 171 Å². The first-order valence-corrected chi connectivity index (χ1v) is 9.87. The summed E-state index contributed by atoms with van der Waals surface area (Å²) in [4.78, 5) is 22.1. The predicted octanol–water partition coefficient (Wildman–Crippen LogP) is 4.07. The summed E-state index contributed by atoms with van der Waals surface area (Å²) in [5.41, 5.74) is 3.78. The summed E-state index contributed by atoms with van der Waals surface area (Å²) < 4.78 is 13.5. The second-order valence-corrected chi connectivity index (χ2v) is 7.91. The van der Waals surface area contributed by atoms with Crippen LogP contribution in [0.2, 0.25) is 0 Å². The Morgan fingerprint density at radius 1 is 1.21 bits per heavy atom. The summed E-state index contributed by atoms with van der Waals surface area (Å²) in [6.45, 7) is 4.49. The van der Waals surface area contributed by atoms with Crippen LogP contribution in [0.5, 0.6) is 0 Å². The maximum absolute atomic E-state index is 13.5. The smallest absolute Gasteiger partial charge is 0.225 e. The lowest BCUT2D eigenvalue weighted by Gasteiger charge is -2.26. The van der Waals surface area contributed by atoms with Crippen molar-refractivity contribution in [2.45, 2.75) is 32.9 Å². The van der Waals surface area contributed by atoms with Crippen molar-refractivity contribution in [2.75, 3.05) is 25.5 Å². The fourth-order valence-electron chi connectivity index (χ4n) is 3.35. The molecule has 154 valence electrons. The molecule has 0 aromatic heterocycles. The van der Waals surface area contributed by atoms with Crippen LogP contribution in [-0.4, -0.2) is 43.3 Å². The topological polar surface area (TPSA) is 45.1 Å². The zero-order valence-corrected chi connectivity index (χ0v) is 17.4. The van der Waals surface area contributed by atoms with Crippen LogP contribution in [0.4, 0.5) is 10.1 Å². The minimum absolute atomic E-state index is 0.0154. The second kappa shape index (κ2) is 9.07. The van der Waals surface area contributed by atoms with E-state index in [0.717, 1.165) is 22.5 Å². The molecule has 1 heterocycles. The molecular weight excluding hydrogens is 369 g/mol. The van der Waals surface area contributed by atoms with Crippen LogP contribution in [0.3, 0.4) is 0 Å². The lowest BCUT2D eigenvalue weighted by molar-refractivity contribution is -0.137. The number of benzene rings is 2. The van der Waals surface area contributed by atoms with Gasteiger partial charge in [-0.05, 0) is 35.4 Å². The highest BCUT2D eigenvalue weighted by Crippen LogP contribution is 2.21. The normalized spacial score (nSPS) is 15.8. The van der Waals surface area contributed by atoms with E-state index in [4.69, 9.17) is 4.84 Å². The number of carbonyl (C=O) groups excluding carboxylic acids is 1. The minimum atomic E-state index is -0.302. The van der Waals surface area contributed by atoms with E-state index in [9.17, 15) is 9.18 Å². The van der Waals surface area contributed by atoms with Crippen molar-refractivity contribution >= 4 is 17.3 Å². The Morgan fingerprint density at radius 2 is 1.93 bits per heavy atom. The molecule has 0 saturated heterocycles. The average molecular weight is 397 g/mol. The van der Waals surface area contributed by atoms with Gasteiger partial charge in [0.1, 0.15) is 5.82 Å². The van der Waals surface area contributed by atoms with Crippen molar-refractivity contribution in [3.8, 4) is 0 Å². The standard InChI is InChI=1S/C23H28FN3O2/c1-16(2)23(28)27(14-17-6-5-7-19(24)12-17)15-21-13-22(25-29-21)18-8-10-20(11-9-18)26(3)4/h5-12,16,21H,13-15H2,1-4H3. The van der Waals surface area contributed by atoms with Crippen LogP contribution in [0, 0.1) is 11.7 Å². The quantitative estimate of drug-likeness (QED) is 0.708. The molecule has 1 aliphatic heterocycles. The molecular formula is C23H28FN3O2. The summed E-state index contributed by atoms with van der Waals surface area (Å²) in [6, 6.07) is 14.5. The Balaban J connectivity index is 1.66. The summed E-state index contributed by atoms with van der Waals surface area (Å²) in [5.74, 6) is -0.436. The van der Waals surface area contributed by atoms with E-state index < -0.39 is 0 Å². The van der Waals surface area contributed by atoms with Gasteiger partial charge < -0.3 is 14.6 Å². The molecule has 6 heteroatoms. The number of hydrogen-bond acceptors (Lipinski definition) is 4. The minimum Gasteiger partial charge on any atom is -0.390 e. The summed E-state index contributed by atoms with van der Waals surface area (Å²) in [6.07, 6.45) is 0.418. The van der Waals surface area contributed by atoms with E-state index in [1.807, 2.05) is 63.2 Å². The number of carbonyl (C=O) groups is 1. The molecule has 3 rings (SSSR count). The Hall–Kier alpha value is -2.89. The van der Waals surface area contributed by atoms with Crippen molar-refractivity contribution in [1.82, 2.24) is 4.90 Å². The van der Waals surface area contributed by atoms with Gasteiger partial charge in [-0.25, -0.2) is 4.39 Å². The average Bonchev–Trinajstić information content (AvgIpc) is 3.15. The molecule has 1 amide bonds. The molecule has 0 radical (unpaired) electrons. The largest absolute Gasteiger partial charge is 0.390 e. The predicted molar refractivity (Wildman–Crippen MR) is 113 cm³/mol. The van der Waals surface area contributed by atoms with Gasteiger partial charge in [-0.1, -0.05) is 43.3 Å². The Bertz CT molecular complexity index is 878. The third-order valence-corrected chi connectivity index (χ3v) is 4.94. The van der Waals surface area contributed by atoms with E-state index in [-0.39, 0.29) is 23.7 Å². The highest BCUT2D eigenvalue weighted by Gasteiger charge is 2.28. The van der Waals surface area contributed by atoms with Crippen molar-refractivity contribution in [3.63, 3.8) is 0 Å². The van der Waals surface area contributed by atoms with Gasteiger partial charge in [0.05, 0.1) is 12.3 Å².